The first-order chi connectivity index (χ1) is 31.8. The lowest BCUT2D eigenvalue weighted by Crippen LogP contribution is -2.74. The van der Waals surface area contributed by atoms with Crippen molar-refractivity contribution in [2.24, 2.45) is 0 Å². The molecule has 0 unspecified atom stereocenters. The van der Waals surface area contributed by atoms with E-state index in [9.17, 15) is 0 Å². The smallest absolute Gasteiger partial charge is 0.179 e. The van der Waals surface area contributed by atoms with E-state index in [1.165, 1.54) is 95.7 Å². The van der Waals surface area contributed by atoms with E-state index < -0.39 is 8.07 Å². The molecule has 0 N–H and O–H groups in total. The van der Waals surface area contributed by atoms with Gasteiger partial charge in [0.1, 0.15) is 0 Å². The lowest BCUT2D eigenvalue weighted by Gasteiger charge is -2.34. The van der Waals surface area contributed by atoms with Gasteiger partial charge in [-0.2, -0.15) is 0 Å². The Balaban J connectivity index is 1.04. The second-order valence-electron chi connectivity index (χ2n) is 16.8. The van der Waals surface area contributed by atoms with Gasteiger partial charge in [-0.05, 0) is 63.2 Å². The number of hydrogen-bond acceptors (Lipinski definition) is 1. The highest BCUT2D eigenvalue weighted by molar-refractivity contribution is 7.26. The van der Waals surface area contributed by atoms with Gasteiger partial charge in [0.25, 0.3) is 0 Å². The number of aromatic nitrogens is 2. The van der Waals surface area contributed by atoms with Gasteiger partial charge in [0, 0.05) is 64.2 Å². The lowest BCUT2D eigenvalue weighted by atomic mass is 10.00. The minimum atomic E-state index is -2.69. The third-order valence-corrected chi connectivity index (χ3v) is 19.5. The van der Waals surface area contributed by atoms with Crippen LogP contribution in [0, 0.1) is 0 Å². The highest BCUT2D eigenvalue weighted by Crippen LogP contribution is 2.45. The maximum atomic E-state index is 2.51. The van der Waals surface area contributed by atoms with Crippen molar-refractivity contribution < 1.29 is 0 Å². The van der Waals surface area contributed by atoms with Crippen LogP contribution in [-0.4, -0.2) is 17.2 Å². The molecular weight excluding hydrogens is 809 g/mol. The molecule has 3 heterocycles. The minimum Gasteiger partial charge on any atom is -0.309 e. The SMILES string of the molecule is c1ccc([Si](c2ccccc2)(c2ccccc2)c2ccc(-n3c4ccccc4c4ccc(-n5c6ccccc6c6cccc(-c7cccc8c7sc7ccccc78)c65)cc43)cc2)cc1. The molecule has 2 nitrogen and oxygen atoms in total. The van der Waals surface area contributed by atoms with Crippen LogP contribution in [0.5, 0.6) is 0 Å². The number of para-hydroxylation sites is 3. The number of hydrogen-bond donors (Lipinski definition) is 0. The highest BCUT2D eigenvalue weighted by Gasteiger charge is 2.41. The molecule has 0 atom stereocenters. The van der Waals surface area contributed by atoms with Crippen LogP contribution in [0.25, 0.3) is 86.3 Å². The summed E-state index contributed by atoms with van der Waals surface area (Å²) in [6.07, 6.45) is 0. The maximum Gasteiger partial charge on any atom is 0.179 e. The molecule has 0 aliphatic heterocycles. The fourth-order valence-corrected chi connectivity index (χ4v) is 16.7. The van der Waals surface area contributed by atoms with Gasteiger partial charge in [-0.15, -0.1) is 11.3 Å². The van der Waals surface area contributed by atoms with E-state index in [0.717, 1.165) is 11.4 Å². The molecule has 0 fully saturated rings. The molecule has 0 saturated heterocycles. The molecule has 0 aliphatic rings. The van der Waals surface area contributed by atoms with E-state index in [1.807, 2.05) is 11.3 Å². The fraction of sp³-hybridized carbons (Fsp3) is 0. The Hall–Kier alpha value is -7.76. The lowest BCUT2D eigenvalue weighted by molar-refractivity contribution is 1.16. The van der Waals surface area contributed by atoms with Crippen LogP contribution < -0.4 is 20.7 Å². The van der Waals surface area contributed by atoms with Gasteiger partial charge in [0.15, 0.2) is 8.07 Å². The Morgan fingerprint density at radius 2 is 0.766 bits per heavy atom. The second-order valence-corrected chi connectivity index (χ2v) is 21.6. The molecule has 64 heavy (non-hydrogen) atoms. The number of fused-ring (bicyclic) bond motifs is 9. The number of nitrogens with zero attached hydrogens (tertiary/aromatic N) is 2. The summed E-state index contributed by atoms with van der Waals surface area (Å²) >= 11 is 1.89. The zero-order valence-electron chi connectivity index (χ0n) is 34.9. The minimum absolute atomic E-state index is 1.14. The van der Waals surface area contributed by atoms with Crippen LogP contribution in [0.1, 0.15) is 0 Å². The first-order valence-corrected chi connectivity index (χ1v) is 24.8. The van der Waals surface area contributed by atoms with Crippen molar-refractivity contribution in [1.29, 1.82) is 0 Å². The van der Waals surface area contributed by atoms with E-state index in [1.54, 1.807) is 0 Å². The van der Waals surface area contributed by atoms with Gasteiger partial charge in [-0.1, -0.05) is 200 Å². The van der Waals surface area contributed by atoms with Crippen LogP contribution in [-0.2, 0) is 0 Å². The maximum absolute atomic E-state index is 2.69. The summed E-state index contributed by atoms with van der Waals surface area (Å²) in [6, 6.07) is 90.4. The van der Waals surface area contributed by atoms with Crippen LogP contribution >= 0.6 is 11.3 Å². The first kappa shape index (κ1) is 36.9. The van der Waals surface area contributed by atoms with Crippen LogP contribution in [0.3, 0.4) is 0 Å². The van der Waals surface area contributed by atoms with Crippen molar-refractivity contribution in [2.45, 2.75) is 0 Å². The average Bonchev–Trinajstić information content (AvgIpc) is 4.03. The Morgan fingerprint density at radius 1 is 0.297 bits per heavy atom. The van der Waals surface area contributed by atoms with Crippen LogP contribution in [0.4, 0.5) is 0 Å². The van der Waals surface area contributed by atoms with Gasteiger partial charge in [-0.3, -0.25) is 0 Å². The van der Waals surface area contributed by atoms with E-state index in [2.05, 4.69) is 252 Å². The van der Waals surface area contributed by atoms with E-state index in [-0.39, 0.29) is 0 Å². The third-order valence-electron chi connectivity index (χ3n) is 13.5. The highest BCUT2D eigenvalue weighted by atomic mass is 32.1. The molecule has 13 rings (SSSR count). The van der Waals surface area contributed by atoms with Crippen molar-refractivity contribution in [3.8, 4) is 22.5 Å². The molecule has 0 saturated carbocycles. The standard InChI is InChI=1S/C60H40N2SSi/c1-4-18-43(19-5-1)64(44-20-6-2-7-21-44,45-22-8-3-9-23-45)46-37-34-41(35-38-46)61-55-31-13-10-24-47(55)49-39-36-42(40-57(49)61)62-56-32-14-11-25-48(56)51-27-16-28-52(59(51)62)54-30-17-29-53-50-26-12-15-33-58(50)63-60(53)54/h1-40H. The zero-order chi connectivity index (χ0) is 42.2. The summed E-state index contributed by atoms with van der Waals surface area (Å²) in [6.45, 7) is 0. The summed E-state index contributed by atoms with van der Waals surface area (Å²) in [5, 5.41) is 13.1. The fourth-order valence-electron chi connectivity index (χ4n) is 10.8. The summed E-state index contributed by atoms with van der Waals surface area (Å²) in [5.74, 6) is 0. The Kier molecular flexibility index (Phi) is 8.45. The van der Waals surface area contributed by atoms with E-state index in [4.69, 9.17) is 0 Å². The summed E-state index contributed by atoms with van der Waals surface area (Å²) in [5.41, 5.74) is 9.59. The van der Waals surface area contributed by atoms with E-state index >= 15 is 0 Å². The van der Waals surface area contributed by atoms with Crippen molar-refractivity contribution in [2.75, 3.05) is 0 Å². The number of benzene rings is 10. The molecule has 0 radical (unpaired) electrons. The molecule has 3 aromatic heterocycles. The predicted octanol–water partition coefficient (Wildman–Crippen LogP) is 13.3. The van der Waals surface area contributed by atoms with Gasteiger partial charge >= 0.3 is 0 Å². The molecular formula is C60H40N2SSi. The van der Waals surface area contributed by atoms with Gasteiger partial charge in [0.05, 0.1) is 22.1 Å². The monoisotopic (exact) mass is 848 g/mol. The topological polar surface area (TPSA) is 9.86 Å². The third kappa shape index (κ3) is 5.43. The largest absolute Gasteiger partial charge is 0.309 e. The van der Waals surface area contributed by atoms with Gasteiger partial charge < -0.3 is 9.13 Å². The average molecular weight is 849 g/mol. The number of rotatable bonds is 7. The summed E-state index contributed by atoms with van der Waals surface area (Å²) in [4.78, 5) is 0. The molecule has 13 aromatic rings. The zero-order valence-corrected chi connectivity index (χ0v) is 36.7. The molecule has 0 bridgehead atoms. The van der Waals surface area contributed by atoms with E-state index in [0.29, 0.717) is 0 Å². The van der Waals surface area contributed by atoms with Crippen molar-refractivity contribution in [3.05, 3.63) is 243 Å². The van der Waals surface area contributed by atoms with Crippen molar-refractivity contribution in [3.63, 3.8) is 0 Å². The molecule has 0 amide bonds. The summed E-state index contributed by atoms with van der Waals surface area (Å²) in [7, 11) is -2.69. The number of thiophene rings is 1. The van der Waals surface area contributed by atoms with Crippen molar-refractivity contribution in [1.82, 2.24) is 9.13 Å². The summed E-state index contributed by atoms with van der Waals surface area (Å²) < 4.78 is 7.63. The van der Waals surface area contributed by atoms with Crippen LogP contribution in [0.15, 0.2) is 243 Å². The molecule has 4 heteroatoms. The van der Waals surface area contributed by atoms with Gasteiger partial charge in [0.2, 0.25) is 0 Å². The Labute approximate surface area is 376 Å². The van der Waals surface area contributed by atoms with Gasteiger partial charge in [-0.25, -0.2) is 0 Å². The normalized spacial score (nSPS) is 12.1. The molecule has 0 aliphatic carbocycles. The Bertz CT molecular complexity index is 3790. The Morgan fingerprint density at radius 3 is 1.42 bits per heavy atom. The van der Waals surface area contributed by atoms with Crippen molar-refractivity contribution >= 4 is 104 Å². The quantitative estimate of drug-likeness (QED) is 0.112. The second kappa shape index (κ2) is 14.7. The van der Waals surface area contributed by atoms with Crippen LogP contribution in [0.2, 0.25) is 0 Å². The molecule has 10 aromatic carbocycles. The first-order valence-electron chi connectivity index (χ1n) is 22.0. The molecule has 300 valence electrons. The predicted molar refractivity (Wildman–Crippen MR) is 277 cm³/mol. The molecule has 0 spiro atoms.